The molecule has 3 heterocycles. The summed E-state index contributed by atoms with van der Waals surface area (Å²) in [6, 6.07) is 7.17. The molecule has 128 valence electrons. The van der Waals surface area contributed by atoms with E-state index < -0.39 is 5.60 Å². The molecule has 24 heavy (non-hydrogen) atoms. The van der Waals surface area contributed by atoms with Crippen LogP contribution in [0.25, 0.3) is 0 Å². The Hall–Kier alpha value is -1.75. The van der Waals surface area contributed by atoms with Crippen LogP contribution in [0.5, 0.6) is 0 Å². The number of amides is 1. The van der Waals surface area contributed by atoms with E-state index in [0.29, 0.717) is 30.7 Å². The molecule has 3 fully saturated rings. The standard InChI is InChI=1S/C19H24N2O3/c1-18(2,3)24-17(22)20-8-12-4-5-14(6-13(12)9-20)21-11-19-7-16(19)23-10-15(19)21/h4-6,15-16H,7-11H2,1-3H3/t15-,16+,19?/m1/s1. The van der Waals surface area contributed by atoms with Crippen molar-refractivity contribution in [3.63, 3.8) is 0 Å². The summed E-state index contributed by atoms with van der Waals surface area (Å²) in [6.45, 7) is 8.98. The largest absolute Gasteiger partial charge is 0.444 e. The van der Waals surface area contributed by atoms with Crippen LogP contribution < -0.4 is 4.90 Å². The molecule has 0 aromatic heterocycles. The molecule has 0 radical (unpaired) electrons. The zero-order chi connectivity index (χ0) is 16.7. The lowest BCUT2D eigenvalue weighted by Gasteiger charge is -2.47. The monoisotopic (exact) mass is 328 g/mol. The Bertz CT molecular complexity index is 724. The highest BCUT2D eigenvalue weighted by Crippen LogP contribution is 2.64. The second-order valence-electron chi connectivity index (χ2n) is 8.69. The highest BCUT2D eigenvalue weighted by atomic mass is 16.6. The lowest BCUT2D eigenvalue weighted by atomic mass is 9.85. The van der Waals surface area contributed by atoms with E-state index in [2.05, 4.69) is 23.1 Å². The van der Waals surface area contributed by atoms with Crippen LogP contribution in [-0.2, 0) is 22.6 Å². The Labute approximate surface area is 142 Å². The van der Waals surface area contributed by atoms with Crippen molar-refractivity contribution in [1.29, 1.82) is 0 Å². The van der Waals surface area contributed by atoms with E-state index >= 15 is 0 Å². The van der Waals surface area contributed by atoms with Crippen LogP contribution in [0.1, 0.15) is 38.3 Å². The van der Waals surface area contributed by atoms with Crippen molar-refractivity contribution in [2.75, 3.05) is 18.1 Å². The van der Waals surface area contributed by atoms with Gasteiger partial charge in [-0.05, 0) is 50.5 Å². The molecule has 1 amide bonds. The maximum atomic E-state index is 12.3. The third kappa shape index (κ3) is 2.00. The van der Waals surface area contributed by atoms with Crippen LogP contribution in [0, 0.1) is 5.41 Å². The van der Waals surface area contributed by atoms with Crippen molar-refractivity contribution in [3.05, 3.63) is 29.3 Å². The molecule has 5 heteroatoms. The molecular weight excluding hydrogens is 304 g/mol. The number of carbonyl (C=O) groups excluding carboxylic acids is 1. The number of anilines is 1. The molecule has 1 aliphatic carbocycles. The highest BCUT2D eigenvalue weighted by Gasteiger charge is 2.72. The first-order valence-electron chi connectivity index (χ1n) is 8.84. The summed E-state index contributed by atoms with van der Waals surface area (Å²) >= 11 is 0. The van der Waals surface area contributed by atoms with Crippen LogP contribution in [0.4, 0.5) is 10.5 Å². The summed E-state index contributed by atoms with van der Waals surface area (Å²) in [5, 5.41) is 0. The van der Waals surface area contributed by atoms with Gasteiger partial charge in [-0.1, -0.05) is 6.07 Å². The lowest BCUT2D eigenvalue weighted by molar-refractivity contribution is 0.0242. The predicted octanol–water partition coefficient (Wildman–Crippen LogP) is 2.91. The van der Waals surface area contributed by atoms with Crippen LogP contribution in [0.3, 0.4) is 0 Å². The predicted molar refractivity (Wildman–Crippen MR) is 89.8 cm³/mol. The number of hydrogen-bond acceptors (Lipinski definition) is 4. The fraction of sp³-hybridized carbons (Fsp3) is 0.632. The molecule has 5 rings (SSSR count). The highest BCUT2D eigenvalue weighted by molar-refractivity contribution is 5.70. The van der Waals surface area contributed by atoms with Gasteiger partial charge in [0.15, 0.2) is 0 Å². The second-order valence-corrected chi connectivity index (χ2v) is 8.69. The molecule has 1 aromatic carbocycles. The third-order valence-electron chi connectivity index (χ3n) is 5.90. The molecule has 3 atom stereocenters. The molecule has 2 saturated heterocycles. The van der Waals surface area contributed by atoms with Gasteiger partial charge in [0.2, 0.25) is 0 Å². The minimum absolute atomic E-state index is 0.229. The van der Waals surface area contributed by atoms with Crippen molar-refractivity contribution in [3.8, 4) is 0 Å². The zero-order valence-electron chi connectivity index (χ0n) is 14.5. The number of ether oxygens (including phenoxy) is 2. The van der Waals surface area contributed by atoms with Crippen LogP contribution in [0.2, 0.25) is 0 Å². The van der Waals surface area contributed by atoms with Gasteiger partial charge in [0, 0.05) is 30.7 Å². The van der Waals surface area contributed by atoms with E-state index in [0.717, 1.165) is 13.2 Å². The van der Waals surface area contributed by atoms with Crippen LogP contribution in [-0.4, -0.2) is 41.9 Å². The number of rotatable bonds is 1. The third-order valence-corrected chi connectivity index (χ3v) is 5.90. The van der Waals surface area contributed by atoms with Gasteiger partial charge in [-0.15, -0.1) is 0 Å². The minimum Gasteiger partial charge on any atom is -0.444 e. The van der Waals surface area contributed by atoms with E-state index in [4.69, 9.17) is 9.47 Å². The number of fused-ring (bicyclic) bond motifs is 1. The van der Waals surface area contributed by atoms with Crippen molar-refractivity contribution < 1.29 is 14.3 Å². The fourth-order valence-corrected chi connectivity index (χ4v) is 4.51. The topological polar surface area (TPSA) is 42.0 Å². The molecule has 1 spiro atoms. The Morgan fingerprint density at radius 3 is 2.79 bits per heavy atom. The molecule has 1 unspecified atom stereocenters. The summed E-state index contributed by atoms with van der Waals surface area (Å²) in [6.07, 6.45) is 1.54. The molecule has 1 saturated carbocycles. The Balaban J connectivity index is 1.31. The summed E-state index contributed by atoms with van der Waals surface area (Å²) in [5.74, 6) is 0. The molecule has 4 aliphatic rings. The Morgan fingerprint density at radius 2 is 2.08 bits per heavy atom. The first-order valence-corrected chi connectivity index (χ1v) is 8.84. The van der Waals surface area contributed by atoms with E-state index in [1.54, 1.807) is 4.90 Å². The first-order chi connectivity index (χ1) is 11.4. The SMILES string of the molecule is CC(C)(C)OC(=O)N1Cc2ccc(N3CC45C[C@@H]4OC[C@@H]35)cc2C1. The van der Waals surface area contributed by atoms with Crippen molar-refractivity contribution in [2.45, 2.75) is 58.0 Å². The minimum atomic E-state index is -0.452. The van der Waals surface area contributed by atoms with Crippen molar-refractivity contribution in [1.82, 2.24) is 4.90 Å². The van der Waals surface area contributed by atoms with E-state index in [-0.39, 0.29) is 6.09 Å². The number of nitrogens with zero attached hydrogens (tertiary/aromatic N) is 2. The van der Waals surface area contributed by atoms with Gasteiger partial charge in [-0.2, -0.15) is 0 Å². The maximum Gasteiger partial charge on any atom is 0.410 e. The average Bonchev–Trinajstić information content (AvgIpc) is 2.94. The smallest absolute Gasteiger partial charge is 0.410 e. The van der Waals surface area contributed by atoms with Gasteiger partial charge in [0.25, 0.3) is 0 Å². The quantitative estimate of drug-likeness (QED) is 0.795. The van der Waals surface area contributed by atoms with Crippen LogP contribution >= 0.6 is 0 Å². The lowest BCUT2D eigenvalue weighted by Crippen LogP contribution is -2.58. The molecule has 0 bridgehead atoms. The Kier molecular flexibility index (Phi) is 2.70. The van der Waals surface area contributed by atoms with Gasteiger partial charge in [0.05, 0.1) is 18.8 Å². The van der Waals surface area contributed by atoms with Gasteiger partial charge in [-0.3, -0.25) is 4.90 Å². The summed E-state index contributed by atoms with van der Waals surface area (Å²) in [4.78, 5) is 16.5. The maximum absolute atomic E-state index is 12.3. The molecular formula is C19H24N2O3. The first kappa shape index (κ1) is 14.6. The van der Waals surface area contributed by atoms with E-state index in [1.165, 1.54) is 23.2 Å². The normalized spacial score (nSPS) is 32.8. The summed E-state index contributed by atoms with van der Waals surface area (Å²) in [5.41, 5.74) is 3.76. The molecule has 3 aliphatic heterocycles. The van der Waals surface area contributed by atoms with Gasteiger partial charge in [-0.25, -0.2) is 4.79 Å². The molecule has 0 N–H and O–H groups in total. The average molecular weight is 328 g/mol. The molecule has 1 aromatic rings. The number of carbonyl (C=O) groups is 1. The van der Waals surface area contributed by atoms with Crippen molar-refractivity contribution >= 4 is 11.8 Å². The summed E-state index contributed by atoms with van der Waals surface area (Å²) < 4.78 is 11.3. The summed E-state index contributed by atoms with van der Waals surface area (Å²) in [7, 11) is 0. The Morgan fingerprint density at radius 1 is 1.29 bits per heavy atom. The van der Waals surface area contributed by atoms with Gasteiger partial charge in [0.1, 0.15) is 5.60 Å². The van der Waals surface area contributed by atoms with Gasteiger partial charge < -0.3 is 14.4 Å². The fourth-order valence-electron chi connectivity index (χ4n) is 4.51. The van der Waals surface area contributed by atoms with E-state index in [1.807, 2.05) is 20.8 Å². The number of hydrogen-bond donors (Lipinski definition) is 0. The van der Waals surface area contributed by atoms with Crippen molar-refractivity contribution in [2.24, 2.45) is 5.41 Å². The number of benzene rings is 1. The molecule has 5 nitrogen and oxygen atoms in total. The van der Waals surface area contributed by atoms with E-state index in [9.17, 15) is 4.79 Å². The zero-order valence-corrected chi connectivity index (χ0v) is 14.5. The second kappa shape index (κ2) is 4.45. The van der Waals surface area contributed by atoms with Crippen LogP contribution in [0.15, 0.2) is 18.2 Å². The van der Waals surface area contributed by atoms with Gasteiger partial charge >= 0.3 is 6.09 Å².